The van der Waals surface area contributed by atoms with Crippen LogP contribution in [0.4, 0.5) is 0 Å². The molecule has 0 bridgehead atoms. The Morgan fingerprint density at radius 1 is 1.10 bits per heavy atom. The third-order valence-electron chi connectivity index (χ3n) is 5.18. The van der Waals surface area contributed by atoms with Crippen LogP contribution >= 0.6 is 23.2 Å². The first kappa shape index (κ1) is 21.1. The van der Waals surface area contributed by atoms with Crippen LogP contribution in [0.5, 0.6) is 0 Å². The molecule has 0 unspecified atom stereocenters. The maximum Gasteiger partial charge on any atom is 0.338 e. The lowest BCUT2D eigenvalue weighted by atomic mass is 10.2. The summed E-state index contributed by atoms with van der Waals surface area (Å²) in [5.41, 5.74) is 2.27. The molecule has 1 aromatic heterocycles. The molecule has 0 N–H and O–H groups in total. The molecule has 0 saturated carbocycles. The summed E-state index contributed by atoms with van der Waals surface area (Å²) in [6.07, 6.45) is 0.819. The van der Waals surface area contributed by atoms with E-state index in [2.05, 4.69) is 21.8 Å². The van der Waals surface area contributed by atoms with Gasteiger partial charge in [-0.05, 0) is 49.9 Å². The fraction of sp³-hybridized carbons (Fsp3) is 0.364. The van der Waals surface area contributed by atoms with Crippen molar-refractivity contribution in [3.8, 4) is 11.5 Å². The van der Waals surface area contributed by atoms with Gasteiger partial charge in [0, 0.05) is 48.3 Å². The molecule has 2 heterocycles. The first-order valence-corrected chi connectivity index (χ1v) is 10.7. The van der Waals surface area contributed by atoms with Gasteiger partial charge in [0.2, 0.25) is 5.89 Å². The Balaban J connectivity index is 1.36. The van der Waals surface area contributed by atoms with Gasteiger partial charge in [-0.1, -0.05) is 23.2 Å². The van der Waals surface area contributed by atoms with E-state index in [9.17, 15) is 4.79 Å². The second-order valence-corrected chi connectivity index (χ2v) is 8.37. The predicted molar refractivity (Wildman–Crippen MR) is 118 cm³/mol. The van der Waals surface area contributed by atoms with Gasteiger partial charge in [0.05, 0.1) is 12.2 Å². The highest BCUT2D eigenvalue weighted by Crippen LogP contribution is 2.29. The third kappa shape index (κ3) is 5.13. The molecule has 0 aliphatic carbocycles. The number of carbonyl (C=O) groups excluding carboxylic acids is 1. The molecule has 8 heteroatoms. The number of aromatic nitrogens is 1. The van der Waals surface area contributed by atoms with Gasteiger partial charge in [-0.25, -0.2) is 9.78 Å². The molecule has 30 heavy (non-hydrogen) atoms. The van der Waals surface area contributed by atoms with Crippen molar-refractivity contribution in [1.29, 1.82) is 0 Å². The van der Waals surface area contributed by atoms with Crippen LogP contribution in [-0.4, -0.2) is 67.1 Å². The lowest BCUT2D eigenvalue weighted by Gasteiger charge is -2.32. The zero-order valence-corrected chi connectivity index (χ0v) is 18.2. The highest BCUT2D eigenvalue weighted by molar-refractivity contribution is 6.35. The molecule has 0 spiro atoms. The number of hydrogen-bond donors (Lipinski definition) is 0. The number of rotatable bonds is 6. The van der Waals surface area contributed by atoms with Gasteiger partial charge in [0.25, 0.3) is 0 Å². The van der Waals surface area contributed by atoms with Crippen molar-refractivity contribution in [2.45, 2.75) is 6.42 Å². The number of nitrogens with zero attached hydrogens (tertiary/aromatic N) is 3. The van der Waals surface area contributed by atoms with Crippen LogP contribution in [0.15, 0.2) is 40.8 Å². The minimum Gasteiger partial charge on any atom is -0.462 e. The van der Waals surface area contributed by atoms with E-state index in [0.717, 1.165) is 39.1 Å². The molecular weight excluding hydrogens is 425 g/mol. The Labute approximate surface area is 185 Å². The maximum absolute atomic E-state index is 12.4. The normalized spacial score (nSPS) is 15.6. The second kappa shape index (κ2) is 9.35. The molecule has 1 fully saturated rings. The SMILES string of the molecule is CN1CCN(CCCOC(=O)c2ccc3nc(-c4cc(Cl)cc(Cl)c4)oc3c2)CC1. The van der Waals surface area contributed by atoms with Crippen LogP contribution in [0.25, 0.3) is 22.6 Å². The number of benzene rings is 2. The standard InChI is InChI=1S/C22H23Cl2N3O3/c1-26-6-8-27(9-7-26)5-2-10-29-22(28)15-3-4-19-20(13-15)30-21(25-19)16-11-17(23)14-18(24)12-16/h3-4,11-14H,2,5-10H2,1H3. The zero-order valence-electron chi connectivity index (χ0n) is 16.7. The van der Waals surface area contributed by atoms with E-state index in [4.69, 9.17) is 32.4 Å². The van der Waals surface area contributed by atoms with Crippen LogP contribution in [0.1, 0.15) is 16.8 Å². The Morgan fingerprint density at radius 2 is 1.83 bits per heavy atom. The highest BCUT2D eigenvalue weighted by atomic mass is 35.5. The van der Waals surface area contributed by atoms with Crippen molar-refractivity contribution in [3.05, 3.63) is 52.0 Å². The summed E-state index contributed by atoms with van der Waals surface area (Å²) in [4.78, 5) is 21.6. The van der Waals surface area contributed by atoms with Gasteiger partial charge < -0.3 is 19.0 Å². The predicted octanol–water partition coefficient (Wildman–Crippen LogP) is 4.60. The molecule has 0 amide bonds. The lowest BCUT2D eigenvalue weighted by molar-refractivity contribution is 0.0480. The number of fused-ring (bicyclic) bond motifs is 1. The number of esters is 1. The van der Waals surface area contributed by atoms with Gasteiger partial charge >= 0.3 is 5.97 Å². The van der Waals surface area contributed by atoms with Gasteiger partial charge in [-0.15, -0.1) is 0 Å². The number of oxazole rings is 1. The van der Waals surface area contributed by atoms with Crippen molar-refractivity contribution in [2.75, 3.05) is 46.4 Å². The van der Waals surface area contributed by atoms with Gasteiger partial charge in [0.15, 0.2) is 5.58 Å². The first-order valence-electron chi connectivity index (χ1n) is 9.93. The monoisotopic (exact) mass is 447 g/mol. The smallest absolute Gasteiger partial charge is 0.338 e. The number of ether oxygens (including phenoxy) is 1. The fourth-order valence-corrected chi connectivity index (χ4v) is 3.99. The van der Waals surface area contributed by atoms with E-state index in [1.807, 2.05) is 0 Å². The van der Waals surface area contributed by atoms with Crippen LogP contribution < -0.4 is 0 Å². The minimum absolute atomic E-state index is 0.362. The summed E-state index contributed by atoms with van der Waals surface area (Å²) in [7, 11) is 2.14. The quantitative estimate of drug-likeness (QED) is 0.406. The number of carbonyl (C=O) groups is 1. The maximum atomic E-state index is 12.4. The van der Waals surface area contributed by atoms with Crippen molar-refractivity contribution in [3.63, 3.8) is 0 Å². The first-order chi connectivity index (χ1) is 14.5. The number of likely N-dealkylation sites (N-methyl/N-ethyl adjacent to an activating group) is 1. The Morgan fingerprint density at radius 3 is 2.57 bits per heavy atom. The van der Waals surface area contributed by atoms with E-state index < -0.39 is 0 Å². The number of piperazine rings is 1. The molecule has 1 aliphatic heterocycles. The summed E-state index contributed by atoms with van der Waals surface area (Å²) < 4.78 is 11.3. The van der Waals surface area contributed by atoms with Gasteiger partial charge in [0.1, 0.15) is 5.52 Å². The van der Waals surface area contributed by atoms with Crippen LogP contribution in [0, 0.1) is 0 Å². The second-order valence-electron chi connectivity index (χ2n) is 7.49. The lowest BCUT2D eigenvalue weighted by Crippen LogP contribution is -2.44. The van der Waals surface area contributed by atoms with Crippen molar-refractivity contribution in [2.24, 2.45) is 0 Å². The fourth-order valence-electron chi connectivity index (χ4n) is 3.46. The average molecular weight is 448 g/mol. The Bertz CT molecular complexity index is 1030. The van der Waals surface area contributed by atoms with Crippen molar-refractivity contribution in [1.82, 2.24) is 14.8 Å². The number of halogens is 2. The van der Waals surface area contributed by atoms with E-state index in [1.165, 1.54) is 0 Å². The molecule has 6 nitrogen and oxygen atoms in total. The molecule has 1 aliphatic rings. The summed E-state index contributed by atoms with van der Waals surface area (Å²) in [6.45, 7) is 5.62. The number of hydrogen-bond acceptors (Lipinski definition) is 6. The summed E-state index contributed by atoms with van der Waals surface area (Å²) in [6, 6.07) is 10.2. The molecule has 4 rings (SSSR count). The van der Waals surface area contributed by atoms with E-state index in [0.29, 0.717) is 44.8 Å². The van der Waals surface area contributed by atoms with Gasteiger partial charge in [-0.2, -0.15) is 0 Å². The van der Waals surface area contributed by atoms with Crippen LogP contribution in [0.3, 0.4) is 0 Å². The molecule has 0 atom stereocenters. The molecule has 3 aromatic rings. The van der Waals surface area contributed by atoms with E-state index in [1.54, 1.807) is 36.4 Å². The van der Waals surface area contributed by atoms with E-state index in [-0.39, 0.29) is 5.97 Å². The van der Waals surface area contributed by atoms with Crippen molar-refractivity contribution >= 4 is 40.3 Å². The largest absolute Gasteiger partial charge is 0.462 e. The Hall–Kier alpha value is -2.12. The molecular formula is C22H23Cl2N3O3. The summed E-state index contributed by atoms with van der Waals surface area (Å²) in [5, 5.41) is 1.00. The minimum atomic E-state index is -0.362. The van der Waals surface area contributed by atoms with E-state index >= 15 is 0 Å². The molecule has 158 valence electrons. The molecule has 0 radical (unpaired) electrons. The Kier molecular flexibility index (Phi) is 6.58. The highest BCUT2D eigenvalue weighted by Gasteiger charge is 2.15. The zero-order chi connectivity index (χ0) is 21.1. The summed E-state index contributed by atoms with van der Waals surface area (Å²) >= 11 is 12.1. The van der Waals surface area contributed by atoms with Crippen LogP contribution in [-0.2, 0) is 4.74 Å². The average Bonchev–Trinajstić information content (AvgIpc) is 3.15. The third-order valence-corrected chi connectivity index (χ3v) is 5.62. The summed E-state index contributed by atoms with van der Waals surface area (Å²) in [5.74, 6) is 0.0334. The molecule has 2 aromatic carbocycles. The topological polar surface area (TPSA) is 58.8 Å². The van der Waals surface area contributed by atoms with Crippen LogP contribution in [0.2, 0.25) is 10.0 Å². The molecule has 1 saturated heterocycles. The van der Waals surface area contributed by atoms with Crippen molar-refractivity contribution < 1.29 is 13.9 Å². The van der Waals surface area contributed by atoms with Gasteiger partial charge in [-0.3, -0.25) is 0 Å².